The molecular weight excluding hydrogens is 320 g/mol. The maximum atomic E-state index is 12.3. The van der Waals surface area contributed by atoms with E-state index in [-0.39, 0.29) is 11.9 Å². The maximum absolute atomic E-state index is 12.3. The van der Waals surface area contributed by atoms with Crippen molar-refractivity contribution in [2.75, 3.05) is 24.5 Å². The Kier molecular flexibility index (Phi) is 6.45. The number of anilines is 1. The smallest absolute Gasteiger partial charge is 0.224 e. The van der Waals surface area contributed by atoms with Crippen LogP contribution >= 0.6 is 0 Å². The van der Waals surface area contributed by atoms with Crippen molar-refractivity contribution >= 4 is 11.6 Å². The summed E-state index contributed by atoms with van der Waals surface area (Å²) in [4.78, 5) is 16.9. The quantitative estimate of drug-likeness (QED) is 0.772. The first kappa shape index (κ1) is 18.7. The minimum atomic E-state index is 0.130. The molecule has 0 aromatic heterocycles. The molecule has 0 radical (unpaired) electrons. The number of carbonyl (C=O) groups is 1. The molecular formula is C23H30N2O. The van der Waals surface area contributed by atoms with Crippen LogP contribution in [0.5, 0.6) is 0 Å². The first-order valence-electron chi connectivity index (χ1n) is 9.76. The van der Waals surface area contributed by atoms with Crippen LogP contribution in [-0.4, -0.2) is 36.5 Å². The van der Waals surface area contributed by atoms with E-state index in [1.165, 1.54) is 24.9 Å². The lowest BCUT2D eigenvalue weighted by Crippen LogP contribution is -2.48. The molecule has 2 atom stereocenters. The molecule has 3 nitrogen and oxygen atoms in total. The van der Waals surface area contributed by atoms with E-state index in [1.807, 2.05) is 35.2 Å². The molecule has 3 rings (SSSR count). The fraction of sp³-hybridized carbons (Fsp3) is 0.435. The van der Waals surface area contributed by atoms with E-state index in [0.29, 0.717) is 5.92 Å². The Labute approximate surface area is 157 Å². The van der Waals surface area contributed by atoms with Crippen LogP contribution in [0.3, 0.4) is 0 Å². The van der Waals surface area contributed by atoms with E-state index in [4.69, 9.17) is 0 Å². The highest BCUT2D eigenvalue weighted by molar-refractivity contribution is 5.92. The Morgan fingerprint density at radius 1 is 1.12 bits per heavy atom. The van der Waals surface area contributed by atoms with Crippen LogP contribution in [0.2, 0.25) is 0 Å². The molecule has 1 heterocycles. The number of likely N-dealkylation sites (tertiary alicyclic amines) is 1. The minimum absolute atomic E-state index is 0.130. The van der Waals surface area contributed by atoms with Crippen LogP contribution in [-0.2, 0) is 11.2 Å². The molecule has 0 bridgehead atoms. The second-order valence-electron chi connectivity index (χ2n) is 7.40. The van der Waals surface area contributed by atoms with Crippen molar-refractivity contribution in [2.45, 2.75) is 39.2 Å². The van der Waals surface area contributed by atoms with Crippen LogP contribution in [0.4, 0.5) is 5.69 Å². The fourth-order valence-corrected chi connectivity index (χ4v) is 4.12. The first-order valence-corrected chi connectivity index (χ1v) is 9.76. The van der Waals surface area contributed by atoms with E-state index < -0.39 is 0 Å². The van der Waals surface area contributed by atoms with Crippen molar-refractivity contribution in [3.05, 3.63) is 66.2 Å². The van der Waals surface area contributed by atoms with Gasteiger partial charge in [0.2, 0.25) is 5.91 Å². The molecule has 3 heteroatoms. The van der Waals surface area contributed by atoms with Crippen LogP contribution in [0, 0.1) is 5.92 Å². The number of piperidine rings is 1. The number of rotatable bonds is 6. The zero-order chi connectivity index (χ0) is 18.4. The summed E-state index contributed by atoms with van der Waals surface area (Å²) in [6.45, 7) is 7.23. The molecule has 1 aliphatic rings. The number of hydrogen-bond donors (Lipinski definition) is 0. The third kappa shape index (κ3) is 4.73. The van der Waals surface area contributed by atoms with Gasteiger partial charge in [-0.2, -0.15) is 0 Å². The van der Waals surface area contributed by atoms with Gasteiger partial charge in [0.25, 0.3) is 0 Å². The third-order valence-electron chi connectivity index (χ3n) is 5.56. The van der Waals surface area contributed by atoms with Crippen molar-refractivity contribution in [3.63, 3.8) is 0 Å². The van der Waals surface area contributed by atoms with Gasteiger partial charge in [0.05, 0.1) is 0 Å². The fourth-order valence-electron chi connectivity index (χ4n) is 4.12. The molecule has 0 aliphatic carbocycles. The normalized spacial score (nSPS) is 19.1. The summed E-state index contributed by atoms with van der Waals surface area (Å²) in [6.07, 6.45) is 3.50. The van der Waals surface area contributed by atoms with Crippen molar-refractivity contribution in [1.29, 1.82) is 0 Å². The molecule has 1 fully saturated rings. The molecule has 1 saturated heterocycles. The average molecular weight is 351 g/mol. The summed E-state index contributed by atoms with van der Waals surface area (Å²) in [5.41, 5.74) is 2.41. The molecule has 138 valence electrons. The van der Waals surface area contributed by atoms with Crippen LogP contribution < -0.4 is 4.90 Å². The zero-order valence-corrected chi connectivity index (χ0v) is 16.0. The lowest BCUT2D eigenvalue weighted by atomic mass is 9.90. The lowest BCUT2D eigenvalue weighted by molar-refractivity contribution is -0.117. The van der Waals surface area contributed by atoms with E-state index in [2.05, 4.69) is 42.2 Å². The molecule has 2 aromatic carbocycles. The number of nitrogens with zero attached hydrogens (tertiary/aromatic N) is 2. The van der Waals surface area contributed by atoms with Crippen molar-refractivity contribution in [2.24, 2.45) is 5.92 Å². The molecule has 1 amide bonds. The summed E-state index contributed by atoms with van der Waals surface area (Å²) in [5, 5.41) is 0. The highest BCUT2D eigenvalue weighted by Gasteiger charge is 2.30. The molecule has 0 saturated carbocycles. The standard InChI is InChI=1S/C23H30N2O/c1-19(25(20(2)26)23-13-7-4-8-14-23)22-12-9-16-24(18-22)17-15-21-10-5-3-6-11-21/h3-8,10-11,13-14,19,22H,9,12,15-18H2,1-2H3/t19-,22?/m1/s1. The Morgan fingerprint density at radius 3 is 2.42 bits per heavy atom. The highest BCUT2D eigenvalue weighted by atomic mass is 16.2. The van der Waals surface area contributed by atoms with Crippen LogP contribution in [0.15, 0.2) is 60.7 Å². The van der Waals surface area contributed by atoms with Crippen molar-refractivity contribution < 1.29 is 4.79 Å². The first-order chi connectivity index (χ1) is 12.6. The Hall–Kier alpha value is -2.13. The second kappa shape index (κ2) is 9.00. The minimum Gasteiger partial charge on any atom is -0.310 e. The van der Waals surface area contributed by atoms with Gasteiger partial charge in [-0.1, -0.05) is 48.5 Å². The largest absolute Gasteiger partial charge is 0.310 e. The van der Waals surface area contributed by atoms with Crippen LogP contribution in [0.25, 0.3) is 0 Å². The summed E-state index contributed by atoms with van der Waals surface area (Å²) < 4.78 is 0. The summed E-state index contributed by atoms with van der Waals surface area (Å²) in [7, 11) is 0. The van der Waals surface area contributed by atoms with Gasteiger partial charge in [0.1, 0.15) is 0 Å². The third-order valence-corrected chi connectivity index (χ3v) is 5.56. The molecule has 1 aliphatic heterocycles. The van der Waals surface area contributed by atoms with Gasteiger partial charge < -0.3 is 9.80 Å². The van der Waals surface area contributed by atoms with Crippen molar-refractivity contribution in [1.82, 2.24) is 4.90 Å². The Bertz CT molecular complexity index is 686. The predicted octanol–water partition coefficient (Wildman–Crippen LogP) is 4.38. The van der Waals surface area contributed by atoms with E-state index in [0.717, 1.165) is 25.2 Å². The summed E-state index contributed by atoms with van der Waals surface area (Å²) >= 11 is 0. The van der Waals surface area contributed by atoms with Gasteiger partial charge in [-0.3, -0.25) is 4.79 Å². The van der Waals surface area contributed by atoms with Crippen LogP contribution in [0.1, 0.15) is 32.3 Å². The summed E-state index contributed by atoms with van der Waals surface area (Å²) in [5.74, 6) is 0.647. The Morgan fingerprint density at radius 2 is 1.77 bits per heavy atom. The van der Waals surface area contributed by atoms with E-state index >= 15 is 0 Å². The topological polar surface area (TPSA) is 23.6 Å². The van der Waals surface area contributed by atoms with Gasteiger partial charge in [0.15, 0.2) is 0 Å². The van der Waals surface area contributed by atoms with Gasteiger partial charge in [-0.25, -0.2) is 0 Å². The van der Waals surface area contributed by atoms with E-state index in [9.17, 15) is 4.79 Å². The lowest BCUT2D eigenvalue weighted by Gasteiger charge is -2.40. The molecule has 1 unspecified atom stereocenters. The van der Waals surface area contributed by atoms with Gasteiger partial charge in [-0.15, -0.1) is 0 Å². The van der Waals surface area contributed by atoms with Gasteiger partial charge in [-0.05, 0) is 56.3 Å². The second-order valence-corrected chi connectivity index (χ2v) is 7.40. The molecule has 2 aromatic rings. The monoisotopic (exact) mass is 350 g/mol. The SMILES string of the molecule is CC(=O)N(c1ccccc1)[C@H](C)C1CCCN(CCc2ccccc2)C1. The molecule has 26 heavy (non-hydrogen) atoms. The van der Waals surface area contributed by atoms with Crippen molar-refractivity contribution in [3.8, 4) is 0 Å². The maximum Gasteiger partial charge on any atom is 0.224 e. The number of hydrogen-bond acceptors (Lipinski definition) is 2. The highest BCUT2D eigenvalue weighted by Crippen LogP contribution is 2.27. The number of benzene rings is 2. The van der Waals surface area contributed by atoms with Gasteiger partial charge in [0, 0.05) is 31.7 Å². The number of para-hydroxylation sites is 1. The van der Waals surface area contributed by atoms with Gasteiger partial charge >= 0.3 is 0 Å². The number of amides is 1. The number of carbonyl (C=O) groups excluding carboxylic acids is 1. The molecule has 0 N–H and O–H groups in total. The Balaban J connectivity index is 1.63. The average Bonchev–Trinajstić information content (AvgIpc) is 2.68. The van der Waals surface area contributed by atoms with E-state index in [1.54, 1.807) is 6.92 Å². The predicted molar refractivity (Wildman–Crippen MR) is 108 cm³/mol. The summed E-state index contributed by atoms with van der Waals surface area (Å²) in [6, 6.07) is 21.0. The zero-order valence-electron chi connectivity index (χ0n) is 16.0. The molecule has 0 spiro atoms.